The molecule has 0 N–H and O–H groups in total. The Hall–Kier alpha value is 1.20. The van der Waals surface area contributed by atoms with E-state index in [2.05, 4.69) is 39.3 Å². The highest BCUT2D eigenvalue weighted by Gasteiger charge is 2.47. The van der Waals surface area contributed by atoms with Gasteiger partial charge in [-0.15, -0.1) is 0 Å². The molecule has 0 atom stereocenters. The van der Waals surface area contributed by atoms with E-state index in [0.717, 1.165) is 0 Å². The standard InChI is InChI=1S/C13H42O8Si7/c1-12-14-22-16-28(11,17-23-15-13-2)21-27(9,10)20-26(7,8)19-25(5,6)18-24(3)4/h24H,12-13,22-23H2,1-11H3. The Balaban J connectivity index is 5.07. The number of rotatable bonds is 16. The average molecular weight is 523 g/mol. The maximum atomic E-state index is 6.48. The SMILES string of the molecule is CCO[SiH2]O[Si](C)(O[SiH2]OCC)O[Si](C)(C)O[Si](C)(C)O[Si](C)(C)O[SiH](C)C. The van der Waals surface area contributed by atoms with Crippen molar-refractivity contribution >= 4 is 63.5 Å². The quantitative estimate of drug-likeness (QED) is 0.224. The highest BCUT2D eigenvalue weighted by atomic mass is 28.5. The third-order valence-corrected chi connectivity index (χ3v) is 24.9. The van der Waals surface area contributed by atoms with E-state index in [-0.39, 0.29) is 0 Å². The van der Waals surface area contributed by atoms with Crippen molar-refractivity contribution in [3.8, 4) is 0 Å². The van der Waals surface area contributed by atoms with Gasteiger partial charge in [0.05, 0.1) is 0 Å². The zero-order valence-corrected chi connectivity index (χ0v) is 27.7. The first-order chi connectivity index (χ1) is 12.7. The van der Waals surface area contributed by atoms with Crippen LogP contribution < -0.4 is 0 Å². The van der Waals surface area contributed by atoms with Crippen LogP contribution in [0.3, 0.4) is 0 Å². The molecule has 0 heterocycles. The Kier molecular flexibility index (Phi) is 13.5. The molecule has 0 aliphatic heterocycles. The van der Waals surface area contributed by atoms with Crippen LogP contribution in [-0.2, 0) is 33.5 Å². The van der Waals surface area contributed by atoms with Crippen LogP contribution in [0.25, 0.3) is 0 Å². The Bertz CT molecular complexity index is 429. The van der Waals surface area contributed by atoms with Gasteiger partial charge in [0.2, 0.25) is 0 Å². The predicted octanol–water partition coefficient (Wildman–Crippen LogP) is 1.81. The predicted molar refractivity (Wildman–Crippen MR) is 130 cm³/mol. The Labute approximate surface area is 182 Å². The molecule has 28 heavy (non-hydrogen) atoms. The van der Waals surface area contributed by atoms with Gasteiger partial charge in [-0.2, -0.15) is 0 Å². The summed E-state index contributed by atoms with van der Waals surface area (Å²) in [7, 11) is -13.6. The van der Waals surface area contributed by atoms with E-state index in [1.807, 2.05) is 33.5 Å². The van der Waals surface area contributed by atoms with Crippen LogP contribution in [0.4, 0.5) is 0 Å². The second-order valence-corrected chi connectivity index (χ2v) is 27.3. The smallest absolute Gasteiger partial charge is 0.440 e. The normalized spacial score (nSPS) is 16.7. The van der Waals surface area contributed by atoms with Crippen LogP contribution >= 0.6 is 0 Å². The van der Waals surface area contributed by atoms with Gasteiger partial charge in [-0.05, 0) is 66.2 Å². The van der Waals surface area contributed by atoms with Crippen molar-refractivity contribution in [2.75, 3.05) is 13.2 Å². The molecule has 0 aromatic rings. The molecule has 0 radical (unpaired) electrons. The summed E-state index contributed by atoms with van der Waals surface area (Å²) in [6, 6.07) is 0. The first-order valence-electron chi connectivity index (χ1n) is 9.87. The fraction of sp³-hybridized carbons (Fsp3) is 1.00. The molecule has 0 unspecified atom stereocenters. The summed E-state index contributed by atoms with van der Waals surface area (Å²) in [5.74, 6) is 0. The molecule has 0 bridgehead atoms. The Morgan fingerprint density at radius 2 is 1.04 bits per heavy atom. The van der Waals surface area contributed by atoms with Gasteiger partial charge in [-0.3, -0.25) is 0 Å². The first kappa shape index (κ1) is 29.2. The molecule has 8 nitrogen and oxygen atoms in total. The van der Waals surface area contributed by atoms with Gasteiger partial charge >= 0.3 is 34.5 Å². The Morgan fingerprint density at radius 1 is 0.643 bits per heavy atom. The van der Waals surface area contributed by atoms with Crippen molar-refractivity contribution < 1.29 is 33.5 Å². The zero-order valence-electron chi connectivity index (χ0n) is 19.7. The summed E-state index contributed by atoms with van der Waals surface area (Å²) in [5.41, 5.74) is 0. The minimum Gasteiger partial charge on any atom is -0.440 e. The van der Waals surface area contributed by atoms with Crippen LogP contribution in [0.15, 0.2) is 0 Å². The van der Waals surface area contributed by atoms with Crippen molar-refractivity contribution in [2.45, 2.75) is 72.8 Å². The lowest BCUT2D eigenvalue weighted by molar-refractivity contribution is 0.191. The summed E-state index contributed by atoms with van der Waals surface area (Å²) < 4.78 is 48.4. The van der Waals surface area contributed by atoms with Crippen LogP contribution in [0.1, 0.15) is 13.8 Å². The molecule has 0 spiro atoms. The van der Waals surface area contributed by atoms with E-state index in [4.69, 9.17) is 33.5 Å². The zero-order chi connectivity index (χ0) is 22.1. The van der Waals surface area contributed by atoms with Gasteiger partial charge in [0.1, 0.15) is 0 Å². The average Bonchev–Trinajstić information content (AvgIpc) is 2.42. The third-order valence-electron chi connectivity index (χ3n) is 3.15. The van der Waals surface area contributed by atoms with E-state index in [1.165, 1.54) is 0 Å². The van der Waals surface area contributed by atoms with Crippen molar-refractivity contribution in [3.05, 3.63) is 0 Å². The molecule has 0 aromatic heterocycles. The molecule has 0 aromatic carbocycles. The number of hydrogen-bond acceptors (Lipinski definition) is 8. The molecule has 0 amide bonds. The van der Waals surface area contributed by atoms with Gasteiger partial charge in [-0.25, -0.2) is 0 Å². The fourth-order valence-corrected chi connectivity index (χ4v) is 27.4. The van der Waals surface area contributed by atoms with Gasteiger partial charge in [-0.1, -0.05) is 0 Å². The molecule has 0 saturated carbocycles. The summed E-state index contributed by atoms with van der Waals surface area (Å²) in [5, 5.41) is 0. The maximum Gasteiger partial charge on any atom is 0.470 e. The molecule has 170 valence electrons. The first-order valence-corrected chi connectivity index (χ1v) is 25.6. The second kappa shape index (κ2) is 12.9. The van der Waals surface area contributed by atoms with Gasteiger partial charge in [0.25, 0.3) is 20.0 Å². The second-order valence-electron chi connectivity index (χ2n) is 8.04. The monoisotopic (exact) mass is 522 g/mol. The molecule has 0 saturated heterocycles. The van der Waals surface area contributed by atoms with Crippen LogP contribution in [-0.4, -0.2) is 76.8 Å². The summed E-state index contributed by atoms with van der Waals surface area (Å²) >= 11 is 0. The van der Waals surface area contributed by atoms with Crippen molar-refractivity contribution in [1.82, 2.24) is 0 Å². The minimum atomic E-state index is -2.88. The molecule has 0 aliphatic carbocycles. The highest BCUT2D eigenvalue weighted by Crippen LogP contribution is 2.25. The molecular formula is C13H42O8Si7. The number of hydrogen-bond donors (Lipinski definition) is 0. The van der Waals surface area contributed by atoms with Crippen molar-refractivity contribution in [1.29, 1.82) is 0 Å². The van der Waals surface area contributed by atoms with Gasteiger partial charge in [0, 0.05) is 19.8 Å². The summed E-state index contributed by atoms with van der Waals surface area (Å²) in [6.45, 7) is 23.7. The Morgan fingerprint density at radius 3 is 1.43 bits per heavy atom. The third kappa shape index (κ3) is 14.2. The van der Waals surface area contributed by atoms with Crippen LogP contribution in [0, 0.1) is 0 Å². The lowest BCUT2D eigenvalue weighted by Crippen LogP contribution is -2.59. The van der Waals surface area contributed by atoms with E-state index in [1.54, 1.807) is 0 Å². The summed E-state index contributed by atoms with van der Waals surface area (Å²) in [4.78, 5) is 0. The molecule has 15 heteroatoms. The molecule has 0 rings (SSSR count). The lowest BCUT2D eigenvalue weighted by Gasteiger charge is -2.41. The van der Waals surface area contributed by atoms with Crippen molar-refractivity contribution in [3.63, 3.8) is 0 Å². The molecule has 0 aliphatic rings. The van der Waals surface area contributed by atoms with E-state index in [9.17, 15) is 0 Å². The van der Waals surface area contributed by atoms with Crippen LogP contribution in [0.5, 0.6) is 0 Å². The minimum absolute atomic E-state index is 0.629. The van der Waals surface area contributed by atoms with E-state index in [0.29, 0.717) is 13.2 Å². The van der Waals surface area contributed by atoms with Crippen molar-refractivity contribution in [2.24, 2.45) is 0 Å². The topological polar surface area (TPSA) is 73.8 Å². The lowest BCUT2D eigenvalue weighted by atomic mass is 10.9. The van der Waals surface area contributed by atoms with E-state index < -0.39 is 63.5 Å². The maximum absolute atomic E-state index is 6.48. The molecular weight excluding hydrogens is 481 g/mol. The fourth-order valence-electron chi connectivity index (χ4n) is 2.83. The molecule has 0 fully saturated rings. The van der Waals surface area contributed by atoms with Crippen LogP contribution in [0.2, 0.25) is 58.9 Å². The highest BCUT2D eigenvalue weighted by molar-refractivity contribution is 6.88. The van der Waals surface area contributed by atoms with Gasteiger partial charge in [0.15, 0.2) is 9.04 Å². The largest absolute Gasteiger partial charge is 0.470 e. The van der Waals surface area contributed by atoms with E-state index >= 15 is 0 Å². The summed E-state index contributed by atoms with van der Waals surface area (Å²) in [6.07, 6.45) is 0. The van der Waals surface area contributed by atoms with Gasteiger partial charge < -0.3 is 33.5 Å².